The van der Waals surface area contributed by atoms with Crippen molar-refractivity contribution in [2.75, 3.05) is 13.2 Å². The first-order chi connectivity index (χ1) is 16.0. The first-order valence-corrected chi connectivity index (χ1v) is 10.6. The van der Waals surface area contributed by atoms with Crippen molar-refractivity contribution in [3.8, 4) is 11.1 Å². The number of nitrogens with one attached hydrogen (secondary N) is 2. The fraction of sp³-hybridized carbons (Fsp3) is 0.250. The van der Waals surface area contributed by atoms with E-state index in [0.29, 0.717) is 6.42 Å². The largest absolute Gasteiger partial charge is 0.481 e. The van der Waals surface area contributed by atoms with E-state index < -0.39 is 18.0 Å². The van der Waals surface area contributed by atoms with Gasteiger partial charge in [0.25, 0.3) is 5.91 Å². The van der Waals surface area contributed by atoms with E-state index in [9.17, 15) is 14.4 Å². The smallest absolute Gasteiger partial charge is 0.407 e. The average Bonchev–Trinajstić information content (AvgIpc) is 3.42. The summed E-state index contributed by atoms with van der Waals surface area (Å²) in [6.45, 7) is 0.330. The van der Waals surface area contributed by atoms with Crippen molar-refractivity contribution in [3.63, 3.8) is 0 Å². The minimum absolute atomic E-state index is 0.0416. The van der Waals surface area contributed by atoms with Gasteiger partial charge in [-0.15, -0.1) is 0 Å². The highest BCUT2D eigenvalue weighted by Gasteiger charge is 2.29. The topological polar surface area (TPSA) is 131 Å². The summed E-state index contributed by atoms with van der Waals surface area (Å²) in [7, 11) is 0. The number of nitrogens with zero attached hydrogens (tertiary/aromatic N) is 1. The average molecular weight is 449 g/mol. The SMILES string of the molecule is O=C(O)CCCNC(=O)c1conc1CNC(=O)OCC1c2ccccc2-c2ccccc21. The van der Waals surface area contributed by atoms with Crippen LogP contribution in [-0.2, 0) is 16.1 Å². The Kier molecular flexibility index (Phi) is 6.68. The highest BCUT2D eigenvalue weighted by Crippen LogP contribution is 2.44. The number of rotatable bonds is 9. The van der Waals surface area contributed by atoms with Crippen LogP contribution in [0.3, 0.4) is 0 Å². The van der Waals surface area contributed by atoms with Crippen molar-refractivity contribution in [3.05, 3.63) is 77.2 Å². The molecule has 1 aliphatic carbocycles. The van der Waals surface area contributed by atoms with Gasteiger partial charge in [0.1, 0.15) is 24.1 Å². The number of carbonyl (C=O) groups is 3. The first kappa shape index (κ1) is 22.1. The van der Waals surface area contributed by atoms with Crippen LogP contribution in [0.1, 0.15) is 45.9 Å². The summed E-state index contributed by atoms with van der Waals surface area (Å²) < 4.78 is 10.3. The van der Waals surface area contributed by atoms with Crippen LogP contribution in [0.25, 0.3) is 11.1 Å². The van der Waals surface area contributed by atoms with Crippen molar-refractivity contribution in [1.29, 1.82) is 0 Å². The molecule has 3 aromatic rings. The Balaban J connectivity index is 1.30. The Bertz CT molecular complexity index is 1130. The van der Waals surface area contributed by atoms with Gasteiger partial charge in [0, 0.05) is 18.9 Å². The summed E-state index contributed by atoms with van der Waals surface area (Å²) in [6.07, 6.45) is 0.814. The van der Waals surface area contributed by atoms with Gasteiger partial charge in [-0.25, -0.2) is 4.79 Å². The summed E-state index contributed by atoms with van der Waals surface area (Å²) in [5.74, 6) is -1.43. The Morgan fingerprint density at radius 3 is 2.33 bits per heavy atom. The van der Waals surface area contributed by atoms with Crippen LogP contribution in [0.4, 0.5) is 4.79 Å². The van der Waals surface area contributed by atoms with E-state index >= 15 is 0 Å². The summed E-state index contributed by atoms with van der Waals surface area (Å²) in [6, 6.07) is 16.1. The lowest BCUT2D eigenvalue weighted by atomic mass is 9.98. The lowest BCUT2D eigenvalue weighted by molar-refractivity contribution is -0.137. The summed E-state index contributed by atoms with van der Waals surface area (Å²) in [5.41, 5.74) is 4.94. The number of ether oxygens (including phenoxy) is 1. The highest BCUT2D eigenvalue weighted by molar-refractivity contribution is 5.95. The number of carbonyl (C=O) groups excluding carboxylic acids is 2. The molecule has 0 unspecified atom stereocenters. The third-order valence-corrected chi connectivity index (χ3v) is 5.49. The first-order valence-electron chi connectivity index (χ1n) is 10.6. The highest BCUT2D eigenvalue weighted by atomic mass is 16.5. The molecule has 0 fully saturated rings. The molecule has 1 heterocycles. The van der Waals surface area contributed by atoms with E-state index in [1.54, 1.807) is 0 Å². The van der Waals surface area contributed by atoms with E-state index in [1.165, 1.54) is 6.26 Å². The molecule has 3 N–H and O–H groups in total. The molecule has 2 aromatic carbocycles. The van der Waals surface area contributed by atoms with Gasteiger partial charge < -0.3 is 25.0 Å². The lowest BCUT2D eigenvalue weighted by Gasteiger charge is -2.14. The van der Waals surface area contributed by atoms with Crippen LogP contribution < -0.4 is 10.6 Å². The maximum Gasteiger partial charge on any atom is 0.407 e. The summed E-state index contributed by atoms with van der Waals surface area (Å²) in [5, 5.41) is 17.6. The van der Waals surface area contributed by atoms with Gasteiger partial charge in [-0.1, -0.05) is 53.7 Å². The molecule has 1 aromatic heterocycles. The van der Waals surface area contributed by atoms with Crippen LogP contribution in [0.15, 0.2) is 59.3 Å². The van der Waals surface area contributed by atoms with Gasteiger partial charge in [0.15, 0.2) is 0 Å². The van der Waals surface area contributed by atoms with E-state index in [2.05, 4.69) is 27.9 Å². The van der Waals surface area contributed by atoms with Crippen LogP contribution in [0, 0.1) is 0 Å². The number of hydrogen-bond acceptors (Lipinski definition) is 6. The van der Waals surface area contributed by atoms with Gasteiger partial charge in [-0.2, -0.15) is 0 Å². The third-order valence-electron chi connectivity index (χ3n) is 5.49. The summed E-state index contributed by atoms with van der Waals surface area (Å²) >= 11 is 0. The zero-order chi connectivity index (χ0) is 23.2. The van der Waals surface area contributed by atoms with E-state index in [-0.39, 0.29) is 43.3 Å². The van der Waals surface area contributed by atoms with Crippen molar-refractivity contribution < 1.29 is 28.8 Å². The molecule has 1 aliphatic rings. The van der Waals surface area contributed by atoms with Gasteiger partial charge in [0.05, 0.1) is 6.54 Å². The normalized spacial score (nSPS) is 12.0. The minimum Gasteiger partial charge on any atom is -0.481 e. The summed E-state index contributed by atoms with van der Waals surface area (Å²) in [4.78, 5) is 35.1. The van der Waals surface area contributed by atoms with Gasteiger partial charge in [-0.3, -0.25) is 9.59 Å². The molecule has 170 valence electrons. The zero-order valence-electron chi connectivity index (χ0n) is 17.7. The zero-order valence-corrected chi connectivity index (χ0v) is 17.7. The molecule has 0 aliphatic heterocycles. The van der Waals surface area contributed by atoms with E-state index in [1.807, 2.05) is 36.4 Å². The molecular weight excluding hydrogens is 426 g/mol. The van der Waals surface area contributed by atoms with Crippen molar-refractivity contribution in [2.24, 2.45) is 0 Å². The molecule has 4 rings (SSSR count). The number of carboxylic acid groups (broad SMARTS) is 1. The molecule has 2 amide bonds. The maximum atomic E-state index is 12.3. The molecule has 0 radical (unpaired) electrons. The number of benzene rings is 2. The molecule has 0 atom stereocenters. The number of amides is 2. The standard InChI is InChI=1S/C24H23N3O6/c28-22(29)10-5-11-25-23(30)20-14-33-27-21(20)12-26-24(31)32-13-19-17-8-3-1-6-15(17)16-7-2-4-9-18(16)19/h1-4,6-9,14,19H,5,10-13H2,(H,25,30)(H,26,31)(H,28,29). The van der Waals surface area contributed by atoms with Crippen LogP contribution in [0.2, 0.25) is 0 Å². The number of fused-ring (bicyclic) bond motifs is 3. The van der Waals surface area contributed by atoms with E-state index in [4.69, 9.17) is 14.4 Å². The predicted octanol–water partition coefficient (Wildman–Crippen LogP) is 3.31. The Morgan fingerprint density at radius 1 is 1.00 bits per heavy atom. The molecular formula is C24H23N3O6. The maximum absolute atomic E-state index is 12.3. The Labute approximate surface area is 189 Å². The monoisotopic (exact) mass is 449 g/mol. The number of aliphatic carboxylic acids is 1. The van der Waals surface area contributed by atoms with Gasteiger partial charge >= 0.3 is 12.1 Å². The van der Waals surface area contributed by atoms with Crippen LogP contribution >= 0.6 is 0 Å². The second kappa shape index (κ2) is 9.99. The van der Waals surface area contributed by atoms with Crippen molar-refractivity contribution in [1.82, 2.24) is 15.8 Å². The molecule has 33 heavy (non-hydrogen) atoms. The number of hydrogen-bond donors (Lipinski definition) is 3. The number of carboxylic acids is 1. The number of aromatic nitrogens is 1. The lowest BCUT2D eigenvalue weighted by Crippen LogP contribution is -2.29. The van der Waals surface area contributed by atoms with Crippen molar-refractivity contribution in [2.45, 2.75) is 25.3 Å². The van der Waals surface area contributed by atoms with Gasteiger partial charge in [-0.05, 0) is 28.7 Å². The Morgan fingerprint density at radius 2 is 1.67 bits per heavy atom. The number of alkyl carbamates (subject to hydrolysis) is 1. The molecule has 9 nitrogen and oxygen atoms in total. The molecule has 0 saturated heterocycles. The molecule has 0 spiro atoms. The fourth-order valence-corrected chi connectivity index (χ4v) is 3.91. The van der Waals surface area contributed by atoms with Crippen LogP contribution in [-0.4, -0.2) is 41.4 Å². The second-order valence-corrected chi connectivity index (χ2v) is 7.61. The van der Waals surface area contributed by atoms with E-state index in [0.717, 1.165) is 22.3 Å². The third kappa shape index (κ3) is 5.03. The molecule has 0 saturated carbocycles. The predicted molar refractivity (Wildman–Crippen MR) is 118 cm³/mol. The van der Waals surface area contributed by atoms with Crippen molar-refractivity contribution >= 4 is 18.0 Å². The fourth-order valence-electron chi connectivity index (χ4n) is 3.91. The second-order valence-electron chi connectivity index (χ2n) is 7.61. The van der Waals surface area contributed by atoms with Crippen LogP contribution in [0.5, 0.6) is 0 Å². The quantitative estimate of drug-likeness (QED) is 0.427. The van der Waals surface area contributed by atoms with Gasteiger partial charge in [0.2, 0.25) is 0 Å². The molecule has 0 bridgehead atoms. The minimum atomic E-state index is -0.929. The Hall–Kier alpha value is -4.14. The molecule has 9 heteroatoms.